The summed E-state index contributed by atoms with van der Waals surface area (Å²) in [5.41, 5.74) is 3.53. The van der Waals surface area contributed by atoms with Gasteiger partial charge in [-0.1, -0.05) is 29.8 Å². The van der Waals surface area contributed by atoms with Crippen LogP contribution in [0.25, 0.3) is 11.3 Å². The molecule has 1 unspecified atom stereocenters. The maximum absolute atomic E-state index is 14.2. The number of rotatable bonds is 7. The molecule has 2 aromatic heterocycles. The highest BCUT2D eigenvalue weighted by molar-refractivity contribution is 5.94. The number of aliphatic hydroxyl groups is 1. The van der Waals surface area contributed by atoms with Gasteiger partial charge in [0, 0.05) is 17.5 Å². The molecule has 0 saturated carbocycles. The topological polar surface area (TPSA) is 105 Å². The molecule has 1 aromatic carbocycles. The number of halogens is 3. The number of nitrogens with two attached hydrogens (primary N) is 1. The van der Waals surface area contributed by atoms with Gasteiger partial charge < -0.3 is 15.8 Å². The number of hydrogen-bond donors (Lipinski definition) is 3. The predicted molar refractivity (Wildman–Crippen MR) is 118 cm³/mol. The van der Waals surface area contributed by atoms with E-state index in [4.69, 9.17) is 5.73 Å². The van der Waals surface area contributed by atoms with E-state index in [1.807, 2.05) is 19.1 Å². The third kappa shape index (κ3) is 5.31. The molecule has 0 amide bonds. The molecule has 9 heteroatoms. The zero-order valence-corrected chi connectivity index (χ0v) is 18.9. The summed E-state index contributed by atoms with van der Waals surface area (Å²) < 4.78 is 42.6. The maximum atomic E-state index is 14.2. The van der Waals surface area contributed by atoms with Gasteiger partial charge in [-0.2, -0.15) is 13.2 Å². The summed E-state index contributed by atoms with van der Waals surface area (Å²) >= 11 is 0. The van der Waals surface area contributed by atoms with Crippen molar-refractivity contribution in [2.24, 2.45) is 5.73 Å². The lowest BCUT2D eigenvalue weighted by atomic mass is 9.86. The summed E-state index contributed by atoms with van der Waals surface area (Å²) in [6.45, 7) is 6.83. The van der Waals surface area contributed by atoms with Crippen LogP contribution < -0.4 is 5.73 Å². The van der Waals surface area contributed by atoms with Crippen molar-refractivity contribution in [1.82, 2.24) is 15.0 Å². The SMILES string of the molecule is Cc1ccc(-c2cc(C(C)(C)N)cc(C(O)(CCC(=O)c3cnc(C)[nH]3)C(F)(F)F)n2)cc1. The predicted octanol–water partition coefficient (Wildman–Crippen LogP) is 4.70. The summed E-state index contributed by atoms with van der Waals surface area (Å²) in [4.78, 5) is 23.2. The van der Waals surface area contributed by atoms with Gasteiger partial charge in [0.1, 0.15) is 11.5 Å². The molecule has 0 aliphatic rings. The van der Waals surface area contributed by atoms with E-state index in [1.54, 1.807) is 39.0 Å². The molecule has 176 valence electrons. The highest BCUT2D eigenvalue weighted by Crippen LogP contribution is 2.43. The number of hydrogen-bond acceptors (Lipinski definition) is 5. The van der Waals surface area contributed by atoms with Crippen LogP contribution in [-0.4, -0.2) is 32.0 Å². The van der Waals surface area contributed by atoms with Gasteiger partial charge in [-0.3, -0.25) is 4.79 Å². The minimum absolute atomic E-state index is 0.0853. The van der Waals surface area contributed by atoms with Gasteiger partial charge in [0.15, 0.2) is 5.78 Å². The van der Waals surface area contributed by atoms with Gasteiger partial charge in [-0.05, 0) is 51.8 Å². The molecule has 33 heavy (non-hydrogen) atoms. The van der Waals surface area contributed by atoms with E-state index in [0.29, 0.717) is 17.0 Å². The van der Waals surface area contributed by atoms with Crippen molar-refractivity contribution in [3.8, 4) is 11.3 Å². The van der Waals surface area contributed by atoms with Crippen LogP contribution in [0.3, 0.4) is 0 Å². The molecule has 4 N–H and O–H groups in total. The van der Waals surface area contributed by atoms with Gasteiger partial charge >= 0.3 is 6.18 Å². The standard InChI is InChI=1S/C24H27F3N4O2/c1-14-5-7-16(8-6-14)18-11-17(22(3,4)28)12-21(31-18)23(33,24(25,26)27)10-9-20(32)19-13-29-15(2)30-19/h5-8,11-13,33H,9-10,28H2,1-4H3,(H,29,30). The minimum Gasteiger partial charge on any atom is -0.375 e. The zero-order valence-electron chi connectivity index (χ0n) is 18.9. The Labute approximate surface area is 190 Å². The Bertz CT molecular complexity index is 1150. The first-order valence-corrected chi connectivity index (χ1v) is 10.4. The maximum Gasteiger partial charge on any atom is 0.422 e. The first-order valence-electron chi connectivity index (χ1n) is 10.4. The number of pyridine rings is 1. The van der Waals surface area contributed by atoms with Gasteiger partial charge in [-0.15, -0.1) is 0 Å². The van der Waals surface area contributed by atoms with Gasteiger partial charge in [0.05, 0.1) is 17.6 Å². The highest BCUT2D eigenvalue weighted by Gasteiger charge is 2.56. The minimum atomic E-state index is -5.08. The molecule has 0 bridgehead atoms. The molecule has 1 atom stereocenters. The zero-order chi connectivity index (χ0) is 24.6. The lowest BCUT2D eigenvalue weighted by Gasteiger charge is -2.32. The summed E-state index contributed by atoms with van der Waals surface area (Å²) in [7, 11) is 0. The van der Waals surface area contributed by atoms with Crippen LogP contribution in [0, 0.1) is 13.8 Å². The molecule has 3 aromatic rings. The number of Topliss-reactive ketones (excluding diaryl/α,β-unsaturated/α-hetero) is 1. The molecular weight excluding hydrogens is 433 g/mol. The molecule has 0 radical (unpaired) electrons. The second kappa shape index (κ2) is 8.72. The molecule has 0 spiro atoms. The van der Waals surface area contributed by atoms with Crippen molar-refractivity contribution in [3.63, 3.8) is 0 Å². The second-order valence-electron chi connectivity index (χ2n) is 8.88. The van der Waals surface area contributed by atoms with E-state index >= 15 is 0 Å². The average Bonchev–Trinajstić information content (AvgIpc) is 3.17. The lowest BCUT2D eigenvalue weighted by molar-refractivity contribution is -0.270. The van der Waals surface area contributed by atoms with Crippen LogP contribution in [0.4, 0.5) is 13.2 Å². The number of H-pyrrole nitrogens is 1. The highest BCUT2D eigenvalue weighted by atomic mass is 19.4. The number of benzene rings is 1. The first-order chi connectivity index (χ1) is 15.2. The average molecular weight is 461 g/mol. The van der Waals surface area contributed by atoms with Crippen molar-refractivity contribution in [3.05, 3.63) is 70.9 Å². The number of aryl methyl sites for hydroxylation is 2. The van der Waals surface area contributed by atoms with Crippen LogP contribution in [0.2, 0.25) is 0 Å². The Hall–Kier alpha value is -3.04. The number of alkyl halides is 3. The molecule has 0 aliphatic heterocycles. The Morgan fingerprint density at radius 2 is 1.76 bits per heavy atom. The fraction of sp³-hybridized carbons (Fsp3) is 0.375. The van der Waals surface area contributed by atoms with E-state index < -0.39 is 41.6 Å². The number of aromatic nitrogens is 3. The fourth-order valence-corrected chi connectivity index (χ4v) is 3.39. The smallest absolute Gasteiger partial charge is 0.375 e. The summed E-state index contributed by atoms with van der Waals surface area (Å²) in [6.07, 6.45) is -5.28. The second-order valence-corrected chi connectivity index (χ2v) is 8.88. The number of nitrogens with one attached hydrogen (secondary N) is 1. The van der Waals surface area contributed by atoms with Crippen molar-refractivity contribution >= 4 is 5.78 Å². The Morgan fingerprint density at radius 1 is 1.12 bits per heavy atom. The van der Waals surface area contributed by atoms with Crippen LogP contribution in [0.1, 0.15) is 59.8 Å². The van der Waals surface area contributed by atoms with Gasteiger partial charge in [0.2, 0.25) is 5.60 Å². The van der Waals surface area contributed by atoms with Gasteiger partial charge in [0.25, 0.3) is 0 Å². The largest absolute Gasteiger partial charge is 0.422 e. The first kappa shape index (κ1) is 24.6. The van der Waals surface area contributed by atoms with Crippen molar-refractivity contribution in [1.29, 1.82) is 0 Å². The normalized spacial score (nSPS) is 14.2. The van der Waals surface area contributed by atoms with Crippen molar-refractivity contribution in [2.45, 2.75) is 57.9 Å². The van der Waals surface area contributed by atoms with Crippen LogP contribution in [-0.2, 0) is 11.1 Å². The number of carbonyl (C=O) groups is 1. The Balaban J connectivity index is 2.08. The molecular formula is C24H27F3N4O2. The summed E-state index contributed by atoms with van der Waals surface area (Å²) in [5, 5.41) is 10.9. The number of carbonyl (C=O) groups excluding carboxylic acids is 1. The molecule has 0 aliphatic carbocycles. The van der Waals surface area contributed by atoms with E-state index in [1.165, 1.54) is 6.20 Å². The van der Waals surface area contributed by atoms with Crippen LogP contribution in [0.15, 0.2) is 42.6 Å². The fourth-order valence-electron chi connectivity index (χ4n) is 3.39. The van der Waals surface area contributed by atoms with E-state index in [2.05, 4.69) is 15.0 Å². The van der Waals surface area contributed by atoms with E-state index in [9.17, 15) is 23.1 Å². The summed E-state index contributed by atoms with van der Waals surface area (Å²) in [6, 6.07) is 9.90. The Morgan fingerprint density at radius 3 is 2.27 bits per heavy atom. The molecule has 0 saturated heterocycles. The quantitative estimate of drug-likeness (QED) is 0.444. The van der Waals surface area contributed by atoms with Crippen LogP contribution >= 0.6 is 0 Å². The van der Waals surface area contributed by atoms with Crippen molar-refractivity contribution < 1.29 is 23.1 Å². The number of imidazole rings is 1. The number of ketones is 1. The molecule has 2 heterocycles. The van der Waals surface area contributed by atoms with Crippen molar-refractivity contribution in [2.75, 3.05) is 0 Å². The van der Waals surface area contributed by atoms with Gasteiger partial charge in [-0.25, -0.2) is 9.97 Å². The summed E-state index contributed by atoms with van der Waals surface area (Å²) in [5.74, 6) is -0.126. The third-order valence-corrected chi connectivity index (χ3v) is 5.53. The molecule has 6 nitrogen and oxygen atoms in total. The monoisotopic (exact) mass is 460 g/mol. The third-order valence-electron chi connectivity index (χ3n) is 5.53. The van der Waals surface area contributed by atoms with E-state index in [0.717, 1.165) is 11.6 Å². The molecule has 0 fully saturated rings. The number of nitrogens with zero attached hydrogens (tertiary/aromatic N) is 2. The Kier molecular flexibility index (Phi) is 6.50. The molecule has 3 rings (SSSR count). The number of aromatic amines is 1. The van der Waals surface area contributed by atoms with Crippen LogP contribution in [0.5, 0.6) is 0 Å². The lowest BCUT2D eigenvalue weighted by Crippen LogP contribution is -2.44. The van der Waals surface area contributed by atoms with E-state index in [-0.39, 0.29) is 11.4 Å².